The number of carbonyl (C=O) groups is 1. The molecule has 0 amide bonds. The number of hydrogen-bond donors (Lipinski definition) is 0. The summed E-state index contributed by atoms with van der Waals surface area (Å²) in [6.45, 7) is 3.73. The number of allylic oxidation sites excluding steroid dienone is 3. The zero-order valence-corrected chi connectivity index (χ0v) is 6.41. The zero-order chi connectivity index (χ0) is 8.27. The fourth-order valence-electron chi connectivity index (χ4n) is 0.939. The van der Waals surface area contributed by atoms with E-state index in [-0.39, 0.29) is 11.9 Å². The van der Waals surface area contributed by atoms with Gasteiger partial charge in [0.15, 0.2) is 0 Å². The van der Waals surface area contributed by atoms with E-state index in [1.54, 1.807) is 6.08 Å². The Bertz CT molecular complexity index is 236. The van der Waals surface area contributed by atoms with Crippen molar-refractivity contribution in [3.8, 4) is 0 Å². The maximum Gasteiger partial charge on any atom is 0.317 e. The molecule has 1 aliphatic rings. The molecule has 0 aliphatic heterocycles. The van der Waals surface area contributed by atoms with E-state index in [1.165, 1.54) is 7.11 Å². The molecule has 0 heterocycles. The lowest BCUT2D eigenvalue weighted by molar-refractivity contribution is -0.142. The molecule has 0 fully saturated rings. The second-order valence-electron chi connectivity index (χ2n) is 2.32. The van der Waals surface area contributed by atoms with Crippen LogP contribution in [0.5, 0.6) is 0 Å². The summed E-state index contributed by atoms with van der Waals surface area (Å²) in [7, 11) is 1.38. The Hall–Kier alpha value is -1.31. The highest BCUT2D eigenvalue weighted by atomic mass is 16.5. The van der Waals surface area contributed by atoms with Gasteiger partial charge in [-0.25, -0.2) is 0 Å². The van der Waals surface area contributed by atoms with E-state index >= 15 is 0 Å². The minimum Gasteiger partial charge on any atom is -0.468 e. The molecule has 1 unspecified atom stereocenters. The van der Waals surface area contributed by atoms with E-state index in [1.807, 2.05) is 18.2 Å². The summed E-state index contributed by atoms with van der Waals surface area (Å²) in [5.41, 5.74) is 0.777. The average molecular weight is 150 g/mol. The molecule has 0 spiro atoms. The van der Waals surface area contributed by atoms with E-state index in [4.69, 9.17) is 0 Å². The maximum atomic E-state index is 11.0. The summed E-state index contributed by atoms with van der Waals surface area (Å²) < 4.78 is 4.58. The highest BCUT2D eigenvalue weighted by molar-refractivity contribution is 5.79. The van der Waals surface area contributed by atoms with Gasteiger partial charge in [-0.05, 0) is 5.57 Å². The predicted molar refractivity (Wildman–Crippen MR) is 42.9 cm³/mol. The van der Waals surface area contributed by atoms with Crippen molar-refractivity contribution >= 4 is 5.97 Å². The minimum absolute atomic E-state index is 0.254. The van der Waals surface area contributed by atoms with Crippen LogP contribution in [0, 0.1) is 5.92 Å². The number of methoxy groups -OCH3 is 1. The van der Waals surface area contributed by atoms with Crippen LogP contribution in [0.25, 0.3) is 0 Å². The number of ether oxygens (including phenoxy) is 1. The standard InChI is InChI=1S/C9H10O2/c1-7-5-3-4-6-8(7)9(10)11-2/h3-6,8H,1H2,2H3. The Labute approximate surface area is 65.9 Å². The second-order valence-corrected chi connectivity index (χ2v) is 2.32. The second kappa shape index (κ2) is 3.19. The van der Waals surface area contributed by atoms with E-state index in [9.17, 15) is 4.79 Å². The molecule has 0 bridgehead atoms. The van der Waals surface area contributed by atoms with Gasteiger partial charge in [0.1, 0.15) is 0 Å². The van der Waals surface area contributed by atoms with Gasteiger partial charge in [-0.3, -0.25) is 4.79 Å². The third-order valence-electron chi connectivity index (χ3n) is 1.58. The van der Waals surface area contributed by atoms with Gasteiger partial charge < -0.3 is 4.74 Å². The highest BCUT2D eigenvalue weighted by Crippen LogP contribution is 2.17. The SMILES string of the molecule is C=C1C=CC=CC1C(=O)OC. The molecular formula is C9H10O2. The smallest absolute Gasteiger partial charge is 0.317 e. The summed E-state index contributed by atoms with van der Waals surface area (Å²) in [5.74, 6) is -0.541. The van der Waals surface area contributed by atoms with Crippen LogP contribution in [0.2, 0.25) is 0 Å². The maximum absolute atomic E-state index is 11.0. The molecule has 58 valence electrons. The first kappa shape index (κ1) is 7.79. The molecule has 0 saturated heterocycles. The minimum atomic E-state index is -0.287. The molecule has 0 aromatic rings. The van der Waals surface area contributed by atoms with Crippen LogP contribution in [0.4, 0.5) is 0 Å². The first-order valence-electron chi connectivity index (χ1n) is 3.37. The van der Waals surface area contributed by atoms with Crippen LogP contribution in [-0.4, -0.2) is 13.1 Å². The molecule has 0 aromatic heterocycles. The zero-order valence-electron chi connectivity index (χ0n) is 6.41. The van der Waals surface area contributed by atoms with Crippen molar-refractivity contribution in [3.05, 3.63) is 36.5 Å². The number of hydrogen-bond acceptors (Lipinski definition) is 2. The molecule has 1 rings (SSSR count). The lowest BCUT2D eigenvalue weighted by atomic mass is 9.96. The Morgan fingerprint density at radius 3 is 2.91 bits per heavy atom. The van der Waals surface area contributed by atoms with Crippen molar-refractivity contribution in [2.45, 2.75) is 0 Å². The molecular weight excluding hydrogens is 140 g/mol. The number of rotatable bonds is 1. The Morgan fingerprint density at radius 2 is 2.36 bits per heavy atom. The van der Waals surface area contributed by atoms with Gasteiger partial charge in [0, 0.05) is 0 Å². The van der Waals surface area contributed by atoms with E-state index in [0.717, 1.165) is 5.57 Å². The Morgan fingerprint density at radius 1 is 1.64 bits per heavy atom. The summed E-state index contributed by atoms with van der Waals surface area (Å²) in [6.07, 6.45) is 7.24. The molecule has 1 aliphatic carbocycles. The van der Waals surface area contributed by atoms with Crippen LogP contribution in [0.15, 0.2) is 36.5 Å². The van der Waals surface area contributed by atoms with Gasteiger partial charge in [-0.15, -0.1) is 0 Å². The molecule has 0 radical (unpaired) electrons. The summed E-state index contributed by atoms with van der Waals surface area (Å²) in [5, 5.41) is 0. The lowest BCUT2D eigenvalue weighted by Gasteiger charge is -2.12. The van der Waals surface area contributed by atoms with E-state index in [2.05, 4.69) is 11.3 Å². The molecule has 11 heavy (non-hydrogen) atoms. The topological polar surface area (TPSA) is 26.3 Å². The van der Waals surface area contributed by atoms with Crippen molar-refractivity contribution in [3.63, 3.8) is 0 Å². The molecule has 0 aromatic carbocycles. The van der Waals surface area contributed by atoms with Crippen LogP contribution < -0.4 is 0 Å². The van der Waals surface area contributed by atoms with Crippen molar-refractivity contribution in [1.29, 1.82) is 0 Å². The van der Waals surface area contributed by atoms with E-state index in [0.29, 0.717) is 0 Å². The van der Waals surface area contributed by atoms with Crippen molar-refractivity contribution in [1.82, 2.24) is 0 Å². The van der Waals surface area contributed by atoms with Crippen molar-refractivity contribution < 1.29 is 9.53 Å². The van der Waals surface area contributed by atoms with Crippen molar-refractivity contribution in [2.75, 3.05) is 7.11 Å². The normalized spacial score (nSPS) is 21.9. The van der Waals surface area contributed by atoms with E-state index < -0.39 is 0 Å². The van der Waals surface area contributed by atoms with Crippen LogP contribution >= 0.6 is 0 Å². The molecule has 2 heteroatoms. The van der Waals surface area contributed by atoms with Crippen LogP contribution in [0.1, 0.15) is 0 Å². The molecule has 2 nitrogen and oxygen atoms in total. The summed E-state index contributed by atoms with van der Waals surface area (Å²) in [6, 6.07) is 0. The van der Waals surface area contributed by atoms with Crippen LogP contribution in [-0.2, 0) is 9.53 Å². The fourth-order valence-corrected chi connectivity index (χ4v) is 0.939. The first-order chi connectivity index (χ1) is 5.25. The van der Waals surface area contributed by atoms with Gasteiger partial charge in [0.2, 0.25) is 0 Å². The third kappa shape index (κ3) is 1.58. The average Bonchev–Trinajstić information content (AvgIpc) is 2.04. The van der Waals surface area contributed by atoms with Gasteiger partial charge >= 0.3 is 5.97 Å². The molecule has 0 saturated carbocycles. The van der Waals surface area contributed by atoms with Gasteiger partial charge in [-0.1, -0.05) is 30.9 Å². The van der Waals surface area contributed by atoms with Gasteiger partial charge in [-0.2, -0.15) is 0 Å². The molecule has 1 atom stereocenters. The number of carbonyl (C=O) groups excluding carboxylic acids is 1. The largest absolute Gasteiger partial charge is 0.468 e. The molecule has 0 N–H and O–H groups in total. The predicted octanol–water partition coefficient (Wildman–Crippen LogP) is 1.46. The quantitative estimate of drug-likeness (QED) is 0.529. The monoisotopic (exact) mass is 150 g/mol. The first-order valence-corrected chi connectivity index (χ1v) is 3.37. The summed E-state index contributed by atoms with van der Waals surface area (Å²) in [4.78, 5) is 11.0. The highest BCUT2D eigenvalue weighted by Gasteiger charge is 2.18. The van der Waals surface area contributed by atoms with Gasteiger partial charge in [0.25, 0.3) is 0 Å². The van der Waals surface area contributed by atoms with Crippen molar-refractivity contribution in [2.24, 2.45) is 5.92 Å². The third-order valence-corrected chi connectivity index (χ3v) is 1.58. The Balaban J connectivity index is 2.73. The Kier molecular flexibility index (Phi) is 2.26. The summed E-state index contributed by atoms with van der Waals surface area (Å²) >= 11 is 0. The lowest BCUT2D eigenvalue weighted by Crippen LogP contribution is -2.15. The fraction of sp³-hybridized carbons (Fsp3) is 0.222. The number of esters is 1. The van der Waals surface area contributed by atoms with Gasteiger partial charge in [0.05, 0.1) is 13.0 Å². The van der Waals surface area contributed by atoms with Crippen LogP contribution in [0.3, 0.4) is 0 Å².